The molecule has 0 rings (SSSR count). The number of nitrogens with zero attached hydrogens (tertiary/aromatic N) is 1. The molecule has 0 aromatic carbocycles. The van der Waals surface area contributed by atoms with Crippen molar-refractivity contribution in [3.05, 3.63) is 12.3 Å². The van der Waals surface area contributed by atoms with Gasteiger partial charge in [0, 0.05) is 18.8 Å². The van der Waals surface area contributed by atoms with Gasteiger partial charge in [-0.15, -0.1) is 0 Å². The van der Waals surface area contributed by atoms with E-state index >= 15 is 0 Å². The lowest BCUT2D eigenvalue weighted by Crippen LogP contribution is -2.27. The summed E-state index contributed by atoms with van der Waals surface area (Å²) in [6, 6.07) is 0.566. The van der Waals surface area contributed by atoms with Crippen molar-refractivity contribution in [3.8, 4) is 0 Å². The van der Waals surface area contributed by atoms with Gasteiger partial charge in [-0.2, -0.15) is 0 Å². The summed E-state index contributed by atoms with van der Waals surface area (Å²) in [5.74, 6) is 0.613. The molecular weight excluding hydrogens is 134 g/mol. The molecule has 11 heavy (non-hydrogen) atoms. The van der Waals surface area contributed by atoms with Crippen molar-refractivity contribution in [1.82, 2.24) is 4.90 Å². The third kappa shape index (κ3) is 2.96. The Morgan fingerprint density at radius 1 is 1.36 bits per heavy atom. The Balaban J connectivity index is 4.02. The van der Waals surface area contributed by atoms with Crippen LogP contribution in [0.2, 0.25) is 0 Å². The quantitative estimate of drug-likeness (QED) is 0.603. The SMILES string of the molecule is C=C(C(C)CC)N(C)C(C)C. The van der Waals surface area contributed by atoms with E-state index < -0.39 is 0 Å². The van der Waals surface area contributed by atoms with Crippen molar-refractivity contribution in [1.29, 1.82) is 0 Å². The molecule has 1 heteroatoms. The Kier molecular flexibility index (Phi) is 4.24. The van der Waals surface area contributed by atoms with E-state index in [-0.39, 0.29) is 0 Å². The van der Waals surface area contributed by atoms with Crippen molar-refractivity contribution in [2.75, 3.05) is 7.05 Å². The maximum absolute atomic E-state index is 4.07. The van der Waals surface area contributed by atoms with Crippen LogP contribution in [0.5, 0.6) is 0 Å². The highest BCUT2D eigenvalue weighted by Gasteiger charge is 2.10. The van der Waals surface area contributed by atoms with Crippen LogP contribution in [-0.4, -0.2) is 18.0 Å². The molecule has 0 amide bonds. The molecule has 1 atom stereocenters. The van der Waals surface area contributed by atoms with E-state index in [1.165, 1.54) is 12.1 Å². The van der Waals surface area contributed by atoms with Crippen LogP contribution in [-0.2, 0) is 0 Å². The minimum atomic E-state index is 0.566. The second-order valence-electron chi connectivity index (χ2n) is 3.51. The van der Waals surface area contributed by atoms with E-state index in [0.717, 1.165) is 0 Å². The van der Waals surface area contributed by atoms with Gasteiger partial charge in [0.1, 0.15) is 0 Å². The van der Waals surface area contributed by atoms with Gasteiger partial charge in [0.15, 0.2) is 0 Å². The zero-order valence-corrected chi connectivity index (χ0v) is 8.52. The highest BCUT2D eigenvalue weighted by Crippen LogP contribution is 2.16. The lowest BCUT2D eigenvalue weighted by molar-refractivity contribution is 0.306. The van der Waals surface area contributed by atoms with Crippen LogP contribution in [0.15, 0.2) is 12.3 Å². The van der Waals surface area contributed by atoms with Crippen molar-refractivity contribution in [2.45, 2.75) is 40.2 Å². The lowest BCUT2D eigenvalue weighted by atomic mass is 10.0. The molecule has 1 nitrogen and oxygen atoms in total. The van der Waals surface area contributed by atoms with Crippen LogP contribution in [0.3, 0.4) is 0 Å². The molecule has 0 aromatic rings. The minimum absolute atomic E-state index is 0.566. The molecule has 0 aromatic heterocycles. The molecule has 0 aliphatic carbocycles. The van der Waals surface area contributed by atoms with Gasteiger partial charge in [0.2, 0.25) is 0 Å². The van der Waals surface area contributed by atoms with E-state index in [4.69, 9.17) is 0 Å². The average molecular weight is 155 g/mol. The van der Waals surface area contributed by atoms with Gasteiger partial charge in [-0.25, -0.2) is 0 Å². The zero-order valence-electron chi connectivity index (χ0n) is 8.52. The molecule has 66 valence electrons. The largest absolute Gasteiger partial charge is 0.376 e. The molecule has 0 spiro atoms. The maximum atomic E-state index is 4.07. The summed E-state index contributed by atoms with van der Waals surface area (Å²) >= 11 is 0. The summed E-state index contributed by atoms with van der Waals surface area (Å²) in [7, 11) is 2.11. The molecule has 0 heterocycles. The standard InChI is InChI=1S/C10H21N/c1-7-9(4)10(5)11(6)8(2)3/h8-9H,5,7H2,1-4,6H3. The van der Waals surface area contributed by atoms with Crippen LogP contribution in [0.4, 0.5) is 0 Å². The first-order valence-corrected chi connectivity index (χ1v) is 4.42. The van der Waals surface area contributed by atoms with Crippen molar-refractivity contribution in [2.24, 2.45) is 5.92 Å². The fourth-order valence-corrected chi connectivity index (χ4v) is 0.915. The van der Waals surface area contributed by atoms with Crippen molar-refractivity contribution < 1.29 is 0 Å². The number of allylic oxidation sites excluding steroid dienone is 1. The van der Waals surface area contributed by atoms with E-state index in [1.807, 2.05) is 0 Å². The van der Waals surface area contributed by atoms with Gasteiger partial charge in [-0.1, -0.05) is 20.4 Å². The molecule has 1 unspecified atom stereocenters. The summed E-state index contributed by atoms with van der Waals surface area (Å²) < 4.78 is 0. The summed E-state index contributed by atoms with van der Waals surface area (Å²) in [5, 5.41) is 0. The first-order valence-electron chi connectivity index (χ1n) is 4.42. The van der Waals surface area contributed by atoms with E-state index in [9.17, 15) is 0 Å². The second kappa shape index (κ2) is 4.42. The van der Waals surface area contributed by atoms with Gasteiger partial charge >= 0.3 is 0 Å². The fourth-order valence-electron chi connectivity index (χ4n) is 0.915. The van der Waals surface area contributed by atoms with Crippen LogP contribution in [0, 0.1) is 5.92 Å². The molecule has 0 aliphatic rings. The van der Waals surface area contributed by atoms with Gasteiger partial charge in [0.05, 0.1) is 0 Å². The van der Waals surface area contributed by atoms with Gasteiger partial charge < -0.3 is 4.90 Å². The third-order valence-corrected chi connectivity index (χ3v) is 2.41. The molecule has 0 aliphatic heterocycles. The average Bonchev–Trinajstić information content (AvgIpc) is 2.00. The smallest absolute Gasteiger partial charge is 0.0227 e. The Labute approximate surface area is 71.1 Å². The van der Waals surface area contributed by atoms with Crippen molar-refractivity contribution >= 4 is 0 Å². The Morgan fingerprint density at radius 2 is 1.82 bits per heavy atom. The lowest BCUT2D eigenvalue weighted by Gasteiger charge is -2.29. The van der Waals surface area contributed by atoms with Crippen LogP contribution >= 0.6 is 0 Å². The van der Waals surface area contributed by atoms with Gasteiger partial charge in [-0.05, 0) is 26.2 Å². The monoisotopic (exact) mass is 155 g/mol. The van der Waals surface area contributed by atoms with E-state index in [0.29, 0.717) is 12.0 Å². The molecule has 0 radical (unpaired) electrons. The summed E-state index contributed by atoms with van der Waals surface area (Å²) in [5.41, 5.74) is 1.25. The Hall–Kier alpha value is -0.460. The van der Waals surface area contributed by atoms with Crippen LogP contribution in [0.25, 0.3) is 0 Å². The van der Waals surface area contributed by atoms with Crippen LogP contribution in [0.1, 0.15) is 34.1 Å². The molecule has 0 saturated heterocycles. The summed E-state index contributed by atoms with van der Waals surface area (Å²) in [4.78, 5) is 2.24. The van der Waals surface area contributed by atoms with E-state index in [1.54, 1.807) is 0 Å². The van der Waals surface area contributed by atoms with E-state index in [2.05, 4.69) is 46.2 Å². The molecule has 0 bridgehead atoms. The number of hydrogen-bond acceptors (Lipinski definition) is 1. The summed E-state index contributed by atoms with van der Waals surface area (Å²) in [6.07, 6.45) is 1.18. The van der Waals surface area contributed by atoms with Gasteiger partial charge in [-0.3, -0.25) is 0 Å². The fraction of sp³-hybridized carbons (Fsp3) is 0.800. The highest BCUT2D eigenvalue weighted by atomic mass is 15.1. The predicted octanol–water partition coefficient (Wildman–Crippen LogP) is 2.89. The summed E-state index contributed by atoms with van der Waals surface area (Å²) in [6.45, 7) is 12.9. The van der Waals surface area contributed by atoms with Crippen molar-refractivity contribution in [3.63, 3.8) is 0 Å². The Morgan fingerprint density at radius 3 is 2.09 bits per heavy atom. The van der Waals surface area contributed by atoms with Crippen LogP contribution < -0.4 is 0 Å². The predicted molar refractivity (Wildman–Crippen MR) is 51.5 cm³/mol. The highest BCUT2D eigenvalue weighted by molar-refractivity contribution is 4.97. The second-order valence-corrected chi connectivity index (χ2v) is 3.51. The molecule has 0 fully saturated rings. The zero-order chi connectivity index (χ0) is 9.02. The molecular formula is C10H21N. The number of hydrogen-bond donors (Lipinski definition) is 0. The first-order chi connectivity index (χ1) is 5.00. The minimum Gasteiger partial charge on any atom is -0.376 e. The normalized spacial score (nSPS) is 13.3. The third-order valence-electron chi connectivity index (χ3n) is 2.41. The molecule has 0 saturated carbocycles. The first kappa shape index (κ1) is 10.5. The maximum Gasteiger partial charge on any atom is 0.0227 e. The Bertz CT molecular complexity index is 127. The van der Waals surface area contributed by atoms with Gasteiger partial charge in [0.25, 0.3) is 0 Å². The topological polar surface area (TPSA) is 3.24 Å². The molecule has 0 N–H and O–H groups in total. The number of rotatable bonds is 4.